The van der Waals surface area contributed by atoms with Crippen LogP contribution in [0.5, 0.6) is 0 Å². The SMILES string of the molecule is CC(C)(c1ccccc1)c1ccc(CCO)cc1. The zero-order chi connectivity index (χ0) is 13.0. The Balaban J connectivity index is 2.30. The molecule has 0 atom stereocenters. The Morgan fingerprint density at radius 2 is 1.39 bits per heavy atom. The predicted octanol–water partition coefficient (Wildman–Crippen LogP) is 3.55. The summed E-state index contributed by atoms with van der Waals surface area (Å²) in [7, 11) is 0. The zero-order valence-corrected chi connectivity index (χ0v) is 11.1. The molecule has 0 radical (unpaired) electrons. The summed E-state index contributed by atoms with van der Waals surface area (Å²) < 4.78 is 0. The van der Waals surface area contributed by atoms with Crippen LogP contribution in [-0.4, -0.2) is 11.7 Å². The molecule has 0 saturated heterocycles. The highest BCUT2D eigenvalue weighted by atomic mass is 16.2. The van der Waals surface area contributed by atoms with E-state index in [-0.39, 0.29) is 12.0 Å². The first-order chi connectivity index (χ1) is 8.64. The van der Waals surface area contributed by atoms with Gasteiger partial charge < -0.3 is 5.11 Å². The smallest absolute Gasteiger partial charge is 0.0471 e. The summed E-state index contributed by atoms with van der Waals surface area (Å²) in [5, 5.41) is 8.93. The first kappa shape index (κ1) is 12.8. The van der Waals surface area contributed by atoms with Gasteiger partial charge in [0.15, 0.2) is 0 Å². The van der Waals surface area contributed by atoms with Gasteiger partial charge in [-0.25, -0.2) is 0 Å². The molecule has 2 aromatic carbocycles. The van der Waals surface area contributed by atoms with Crippen LogP contribution < -0.4 is 0 Å². The summed E-state index contributed by atoms with van der Waals surface area (Å²) in [4.78, 5) is 0. The molecule has 0 aliphatic carbocycles. The normalized spacial score (nSPS) is 11.5. The maximum atomic E-state index is 8.93. The Hall–Kier alpha value is -1.60. The van der Waals surface area contributed by atoms with E-state index < -0.39 is 0 Å². The van der Waals surface area contributed by atoms with Crippen LogP contribution in [0.25, 0.3) is 0 Å². The average Bonchev–Trinajstić information content (AvgIpc) is 2.41. The minimum atomic E-state index is 0.0129. The third-order valence-electron chi connectivity index (χ3n) is 3.57. The van der Waals surface area contributed by atoms with Crippen molar-refractivity contribution >= 4 is 0 Å². The van der Waals surface area contributed by atoms with Gasteiger partial charge in [-0.3, -0.25) is 0 Å². The van der Waals surface area contributed by atoms with E-state index in [9.17, 15) is 0 Å². The third kappa shape index (κ3) is 2.62. The van der Waals surface area contributed by atoms with E-state index in [4.69, 9.17) is 5.11 Å². The lowest BCUT2D eigenvalue weighted by atomic mass is 9.78. The molecule has 0 spiro atoms. The fourth-order valence-corrected chi connectivity index (χ4v) is 2.24. The van der Waals surface area contributed by atoms with Crippen LogP contribution in [0.4, 0.5) is 0 Å². The molecule has 1 N–H and O–H groups in total. The number of aliphatic hydroxyl groups excluding tert-OH is 1. The molecule has 94 valence electrons. The highest BCUT2D eigenvalue weighted by Gasteiger charge is 2.22. The molecule has 2 aromatic rings. The lowest BCUT2D eigenvalue weighted by Crippen LogP contribution is -2.18. The zero-order valence-electron chi connectivity index (χ0n) is 11.1. The van der Waals surface area contributed by atoms with Crippen molar-refractivity contribution < 1.29 is 5.11 Å². The lowest BCUT2D eigenvalue weighted by molar-refractivity contribution is 0.299. The molecule has 2 rings (SSSR count). The van der Waals surface area contributed by atoms with Crippen molar-refractivity contribution in [3.05, 3.63) is 71.3 Å². The molecule has 1 nitrogen and oxygen atoms in total. The standard InChI is InChI=1S/C17H20O/c1-17(2,15-6-4-3-5-7-15)16-10-8-14(9-11-16)12-13-18/h3-11,18H,12-13H2,1-2H3. The van der Waals surface area contributed by atoms with E-state index in [0.29, 0.717) is 0 Å². The molecule has 0 fully saturated rings. The second kappa shape index (κ2) is 5.36. The Bertz CT molecular complexity index is 483. The maximum absolute atomic E-state index is 8.93. The van der Waals surface area contributed by atoms with Crippen LogP contribution in [0.15, 0.2) is 54.6 Å². The van der Waals surface area contributed by atoms with Gasteiger partial charge in [0.2, 0.25) is 0 Å². The van der Waals surface area contributed by atoms with E-state index in [0.717, 1.165) is 6.42 Å². The Morgan fingerprint density at radius 3 is 1.94 bits per heavy atom. The molecular weight excluding hydrogens is 220 g/mol. The highest BCUT2D eigenvalue weighted by Crippen LogP contribution is 2.31. The van der Waals surface area contributed by atoms with Crippen LogP contribution in [0, 0.1) is 0 Å². The van der Waals surface area contributed by atoms with Crippen LogP contribution in [0.1, 0.15) is 30.5 Å². The van der Waals surface area contributed by atoms with Gasteiger partial charge in [0.1, 0.15) is 0 Å². The van der Waals surface area contributed by atoms with Crippen molar-refractivity contribution in [2.24, 2.45) is 0 Å². The average molecular weight is 240 g/mol. The van der Waals surface area contributed by atoms with Crippen molar-refractivity contribution in [2.75, 3.05) is 6.61 Å². The van der Waals surface area contributed by atoms with Crippen molar-refractivity contribution in [2.45, 2.75) is 25.7 Å². The number of rotatable bonds is 4. The van der Waals surface area contributed by atoms with E-state index in [2.05, 4.69) is 62.4 Å². The minimum Gasteiger partial charge on any atom is -0.396 e. The summed E-state index contributed by atoms with van der Waals surface area (Å²) in [6.45, 7) is 4.69. The number of hydrogen-bond donors (Lipinski definition) is 1. The summed E-state index contributed by atoms with van der Waals surface area (Å²) in [6, 6.07) is 19.1. The molecule has 0 aliphatic rings. The van der Waals surface area contributed by atoms with Crippen molar-refractivity contribution in [3.63, 3.8) is 0 Å². The molecule has 0 heterocycles. The predicted molar refractivity (Wildman–Crippen MR) is 75.8 cm³/mol. The maximum Gasteiger partial charge on any atom is 0.0471 e. The first-order valence-corrected chi connectivity index (χ1v) is 6.40. The quantitative estimate of drug-likeness (QED) is 0.866. The van der Waals surface area contributed by atoms with Gasteiger partial charge in [0, 0.05) is 12.0 Å². The van der Waals surface area contributed by atoms with E-state index >= 15 is 0 Å². The first-order valence-electron chi connectivity index (χ1n) is 6.40. The number of aliphatic hydroxyl groups is 1. The van der Waals surface area contributed by atoms with Crippen molar-refractivity contribution in [1.29, 1.82) is 0 Å². The molecule has 18 heavy (non-hydrogen) atoms. The highest BCUT2D eigenvalue weighted by molar-refractivity contribution is 5.38. The second-order valence-electron chi connectivity index (χ2n) is 5.16. The van der Waals surface area contributed by atoms with Gasteiger partial charge in [0.05, 0.1) is 0 Å². The van der Waals surface area contributed by atoms with Crippen LogP contribution in [-0.2, 0) is 11.8 Å². The molecule has 0 bridgehead atoms. The fourth-order valence-electron chi connectivity index (χ4n) is 2.24. The van der Waals surface area contributed by atoms with Gasteiger partial charge in [-0.15, -0.1) is 0 Å². The molecule has 0 saturated carbocycles. The van der Waals surface area contributed by atoms with Crippen LogP contribution in [0.3, 0.4) is 0 Å². The van der Waals surface area contributed by atoms with Gasteiger partial charge in [-0.1, -0.05) is 68.4 Å². The van der Waals surface area contributed by atoms with Crippen molar-refractivity contribution in [1.82, 2.24) is 0 Å². The van der Waals surface area contributed by atoms with Gasteiger partial charge in [-0.05, 0) is 23.1 Å². The van der Waals surface area contributed by atoms with E-state index in [1.807, 2.05) is 6.07 Å². The topological polar surface area (TPSA) is 20.2 Å². The fraction of sp³-hybridized carbons (Fsp3) is 0.294. The van der Waals surface area contributed by atoms with Gasteiger partial charge in [-0.2, -0.15) is 0 Å². The number of hydrogen-bond acceptors (Lipinski definition) is 1. The molecule has 0 amide bonds. The van der Waals surface area contributed by atoms with Gasteiger partial charge >= 0.3 is 0 Å². The van der Waals surface area contributed by atoms with Crippen molar-refractivity contribution in [3.8, 4) is 0 Å². The summed E-state index contributed by atoms with van der Waals surface area (Å²) in [5.74, 6) is 0. The second-order valence-corrected chi connectivity index (χ2v) is 5.16. The Kier molecular flexibility index (Phi) is 3.83. The van der Waals surface area contributed by atoms with Crippen LogP contribution in [0.2, 0.25) is 0 Å². The van der Waals surface area contributed by atoms with E-state index in [1.54, 1.807) is 0 Å². The molecule has 1 heteroatoms. The number of benzene rings is 2. The minimum absolute atomic E-state index is 0.0129. The molecule has 0 aromatic heterocycles. The third-order valence-corrected chi connectivity index (χ3v) is 3.57. The lowest BCUT2D eigenvalue weighted by Gasteiger charge is -2.26. The summed E-state index contributed by atoms with van der Waals surface area (Å²) >= 11 is 0. The Morgan fingerprint density at radius 1 is 0.833 bits per heavy atom. The molecule has 0 unspecified atom stereocenters. The monoisotopic (exact) mass is 240 g/mol. The molecule has 0 aliphatic heterocycles. The summed E-state index contributed by atoms with van der Waals surface area (Å²) in [6.07, 6.45) is 0.728. The molecular formula is C17H20O. The van der Waals surface area contributed by atoms with Gasteiger partial charge in [0.25, 0.3) is 0 Å². The largest absolute Gasteiger partial charge is 0.396 e. The van der Waals surface area contributed by atoms with E-state index in [1.165, 1.54) is 16.7 Å². The Labute approximate surface area is 109 Å². The van der Waals surface area contributed by atoms with Crippen LogP contribution >= 0.6 is 0 Å². The summed E-state index contributed by atoms with van der Waals surface area (Å²) in [5.41, 5.74) is 3.82.